The molecule has 0 aromatic heterocycles. The van der Waals surface area contributed by atoms with Crippen molar-refractivity contribution in [3.8, 4) is 0 Å². The molecule has 0 bridgehead atoms. The second-order valence-corrected chi connectivity index (χ2v) is 5.26. The Hall–Kier alpha value is 0.759. The maximum absolute atomic E-state index is 9.04. The van der Waals surface area contributed by atoms with Crippen LogP contribution < -0.4 is 0 Å². The molecule has 0 atom stereocenters. The van der Waals surface area contributed by atoms with Crippen LogP contribution in [0.1, 0.15) is 25.7 Å². The summed E-state index contributed by atoms with van der Waals surface area (Å²) < 4.78 is 0.990. The predicted octanol–water partition coefficient (Wildman–Crippen LogP) is 0.611. The summed E-state index contributed by atoms with van der Waals surface area (Å²) in [6.45, 7) is 0. The van der Waals surface area contributed by atoms with Crippen molar-refractivity contribution in [3.05, 3.63) is 0 Å². The average Bonchev–Trinajstić information content (AvgIpc) is 1.77. The molecular formula is C6H12OSn. The van der Waals surface area contributed by atoms with Gasteiger partial charge in [0.15, 0.2) is 0 Å². The molecule has 46 valence electrons. The fraction of sp³-hybridized carbons (Fsp3) is 1.00. The Balaban J connectivity index is 2.19. The number of hydrogen-bond donors (Lipinski definition) is 1. The zero-order chi connectivity index (χ0) is 5.98. The Morgan fingerprint density at radius 2 is 1.62 bits per heavy atom. The van der Waals surface area contributed by atoms with Gasteiger partial charge in [-0.05, 0) is 0 Å². The van der Waals surface area contributed by atoms with Crippen LogP contribution >= 0.6 is 0 Å². The normalized spacial score (nSPS) is 39.8. The molecule has 2 heteroatoms. The predicted molar refractivity (Wildman–Crippen MR) is 35.4 cm³/mol. The van der Waals surface area contributed by atoms with Gasteiger partial charge in [-0.3, -0.25) is 0 Å². The van der Waals surface area contributed by atoms with Crippen LogP contribution in [0, 0.1) is 0 Å². The molecular weight excluding hydrogens is 207 g/mol. The van der Waals surface area contributed by atoms with Crippen molar-refractivity contribution in [1.82, 2.24) is 0 Å². The van der Waals surface area contributed by atoms with E-state index in [-0.39, 0.29) is 6.10 Å². The summed E-state index contributed by atoms with van der Waals surface area (Å²) in [5, 5.41) is 9.04. The second kappa shape index (κ2) is 3.06. The molecule has 0 unspecified atom stereocenters. The first kappa shape index (κ1) is 6.87. The van der Waals surface area contributed by atoms with Gasteiger partial charge in [-0.2, -0.15) is 0 Å². The van der Waals surface area contributed by atoms with E-state index in [4.69, 9.17) is 5.11 Å². The van der Waals surface area contributed by atoms with E-state index in [1.807, 2.05) is 0 Å². The fourth-order valence-corrected chi connectivity index (χ4v) is 2.20. The zero-order valence-corrected chi connectivity index (χ0v) is 8.30. The van der Waals surface area contributed by atoms with Gasteiger partial charge in [0.1, 0.15) is 0 Å². The third-order valence-electron chi connectivity index (χ3n) is 1.74. The summed E-state index contributed by atoms with van der Waals surface area (Å²) in [4.78, 5) is 0. The van der Waals surface area contributed by atoms with Crippen LogP contribution in [0.25, 0.3) is 0 Å². The van der Waals surface area contributed by atoms with Gasteiger partial charge in [0.2, 0.25) is 0 Å². The van der Waals surface area contributed by atoms with Gasteiger partial charge in [-0.25, -0.2) is 0 Å². The van der Waals surface area contributed by atoms with E-state index in [2.05, 4.69) is 0 Å². The van der Waals surface area contributed by atoms with E-state index in [0.717, 1.165) is 16.8 Å². The Morgan fingerprint density at radius 3 is 2.00 bits per heavy atom. The molecule has 1 aliphatic carbocycles. The number of aliphatic hydroxyl groups is 1. The minimum absolute atomic E-state index is 0.0404. The number of hydrogen-bond acceptors (Lipinski definition) is 1. The first-order valence-electron chi connectivity index (χ1n) is 3.22. The summed E-state index contributed by atoms with van der Waals surface area (Å²) in [6.07, 6.45) is 4.73. The molecule has 0 aliphatic heterocycles. The molecule has 1 aliphatic rings. The summed E-state index contributed by atoms with van der Waals surface area (Å²) in [6, 6.07) is 0. The maximum atomic E-state index is 9.04. The molecule has 1 nitrogen and oxygen atoms in total. The Morgan fingerprint density at radius 1 is 1.12 bits per heavy atom. The third-order valence-corrected chi connectivity index (χ3v) is 3.64. The van der Waals surface area contributed by atoms with E-state index in [0.29, 0.717) is 0 Å². The average molecular weight is 219 g/mol. The molecule has 0 aromatic carbocycles. The molecule has 0 aromatic rings. The SMILES string of the molecule is OC1CC[CH]([SnH])CC1. The summed E-state index contributed by atoms with van der Waals surface area (Å²) in [5.74, 6) is 0. The van der Waals surface area contributed by atoms with E-state index >= 15 is 0 Å². The van der Waals surface area contributed by atoms with Crippen LogP contribution in [0.5, 0.6) is 0 Å². The Bertz CT molecular complexity index is 56.9. The molecule has 0 amide bonds. The van der Waals surface area contributed by atoms with Crippen LogP contribution in [0.2, 0.25) is 3.93 Å². The summed E-state index contributed by atoms with van der Waals surface area (Å²) >= 11 is 1.39. The van der Waals surface area contributed by atoms with Crippen LogP contribution in [-0.4, -0.2) is 33.7 Å². The van der Waals surface area contributed by atoms with E-state index in [1.54, 1.807) is 0 Å². The second-order valence-electron chi connectivity index (χ2n) is 2.57. The van der Waals surface area contributed by atoms with Crippen molar-refractivity contribution >= 4 is 22.5 Å². The van der Waals surface area contributed by atoms with Crippen molar-refractivity contribution in [2.45, 2.75) is 35.7 Å². The quantitative estimate of drug-likeness (QED) is 0.591. The van der Waals surface area contributed by atoms with Crippen LogP contribution in [0.3, 0.4) is 0 Å². The van der Waals surface area contributed by atoms with Gasteiger partial charge in [0.05, 0.1) is 0 Å². The van der Waals surface area contributed by atoms with Crippen molar-refractivity contribution in [1.29, 1.82) is 0 Å². The Labute approximate surface area is 63.6 Å². The fourth-order valence-electron chi connectivity index (χ4n) is 1.10. The van der Waals surface area contributed by atoms with Gasteiger partial charge < -0.3 is 0 Å². The van der Waals surface area contributed by atoms with Gasteiger partial charge in [-0.1, -0.05) is 0 Å². The zero-order valence-electron chi connectivity index (χ0n) is 5.01. The standard InChI is InChI=1S/C6H11O.Sn.H/c7-6-4-2-1-3-5-6;;/h1,6-7H,2-5H2;;. The van der Waals surface area contributed by atoms with Crippen LogP contribution in [0.15, 0.2) is 0 Å². The molecule has 1 fully saturated rings. The van der Waals surface area contributed by atoms with E-state index in [1.165, 1.54) is 35.4 Å². The van der Waals surface area contributed by atoms with Gasteiger partial charge in [0, 0.05) is 0 Å². The molecule has 0 saturated heterocycles. The van der Waals surface area contributed by atoms with Crippen LogP contribution in [0.4, 0.5) is 0 Å². The monoisotopic (exact) mass is 220 g/mol. The van der Waals surface area contributed by atoms with Crippen molar-refractivity contribution < 1.29 is 5.11 Å². The topological polar surface area (TPSA) is 20.2 Å². The first-order chi connectivity index (χ1) is 3.79. The summed E-state index contributed by atoms with van der Waals surface area (Å²) in [7, 11) is 0. The first-order valence-corrected chi connectivity index (χ1v) is 5.13. The van der Waals surface area contributed by atoms with Crippen molar-refractivity contribution in [2.24, 2.45) is 0 Å². The number of rotatable bonds is 0. The van der Waals surface area contributed by atoms with Crippen molar-refractivity contribution in [3.63, 3.8) is 0 Å². The van der Waals surface area contributed by atoms with Gasteiger partial charge >= 0.3 is 63.4 Å². The molecule has 0 heterocycles. The Kier molecular flexibility index (Phi) is 2.63. The molecule has 1 N–H and O–H groups in total. The third kappa shape index (κ3) is 1.94. The number of aliphatic hydroxyl groups excluding tert-OH is 1. The van der Waals surface area contributed by atoms with Crippen LogP contribution in [-0.2, 0) is 0 Å². The van der Waals surface area contributed by atoms with Gasteiger partial charge in [-0.15, -0.1) is 0 Å². The molecule has 0 spiro atoms. The van der Waals surface area contributed by atoms with E-state index < -0.39 is 0 Å². The van der Waals surface area contributed by atoms with E-state index in [9.17, 15) is 0 Å². The summed E-state index contributed by atoms with van der Waals surface area (Å²) in [5.41, 5.74) is 0. The minimum atomic E-state index is 0.0404. The molecule has 1 rings (SSSR count). The molecule has 8 heavy (non-hydrogen) atoms. The van der Waals surface area contributed by atoms with Gasteiger partial charge in [0.25, 0.3) is 0 Å². The molecule has 1 saturated carbocycles. The molecule has 2 radical (unpaired) electrons. The van der Waals surface area contributed by atoms with Crippen molar-refractivity contribution in [2.75, 3.05) is 0 Å².